The Labute approximate surface area is 187 Å². The van der Waals surface area contributed by atoms with E-state index in [2.05, 4.69) is 20.1 Å². The minimum atomic E-state index is -5.12. The first kappa shape index (κ1) is 24.6. The monoisotopic (exact) mass is 487 g/mol. The molecule has 0 saturated heterocycles. The van der Waals surface area contributed by atoms with Crippen molar-refractivity contribution in [2.75, 3.05) is 7.05 Å². The Bertz CT molecular complexity index is 1190. The van der Waals surface area contributed by atoms with Crippen LogP contribution in [0.3, 0.4) is 0 Å². The number of hydrogen-bond donors (Lipinski definition) is 1. The molecular formula is C19H15F6N7O2. The summed E-state index contributed by atoms with van der Waals surface area (Å²) in [6.45, 7) is 1.37. The van der Waals surface area contributed by atoms with Gasteiger partial charge in [0.1, 0.15) is 0 Å². The molecule has 3 aromatic rings. The molecule has 9 nitrogen and oxygen atoms in total. The summed E-state index contributed by atoms with van der Waals surface area (Å²) >= 11 is 0. The van der Waals surface area contributed by atoms with Crippen LogP contribution in [0.2, 0.25) is 0 Å². The Balaban J connectivity index is 2.05. The number of carbonyl (C=O) groups is 2. The molecule has 0 aliphatic rings. The first-order valence-corrected chi connectivity index (χ1v) is 9.31. The third-order valence-corrected chi connectivity index (χ3v) is 4.70. The van der Waals surface area contributed by atoms with Gasteiger partial charge in [-0.3, -0.25) is 9.59 Å². The molecule has 0 spiro atoms. The highest BCUT2D eigenvalue weighted by Crippen LogP contribution is 2.37. The summed E-state index contributed by atoms with van der Waals surface area (Å²) in [7, 11) is 1.13. The fraction of sp³-hybridized carbons (Fsp3) is 0.263. The van der Waals surface area contributed by atoms with Crippen molar-refractivity contribution in [1.82, 2.24) is 29.6 Å². The smallest absolute Gasteiger partial charge is 0.363 e. The van der Waals surface area contributed by atoms with Crippen molar-refractivity contribution < 1.29 is 35.9 Å². The molecule has 2 heterocycles. The topological polar surface area (TPSA) is 120 Å². The molecule has 1 unspecified atom stereocenters. The molecule has 15 heteroatoms. The van der Waals surface area contributed by atoms with Crippen LogP contribution in [0.1, 0.15) is 50.9 Å². The molecule has 0 radical (unpaired) electrons. The van der Waals surface area contributed by atoms with Crippen LogP contribution in [0.5, 0.6) is 0 Å². The zero-order valence-electron chi connectivity index (χ0n) is 17.4. The zero-order valence-corrected chi connectivity index (χ0v) is 17.4. The van der Waals surface area contributed by atoms with Crippen LogP contribution in [-0.2, 0) is 12.4 Å². The van der Waals surface area contributed by atoms with Crippen LogP contribution >= 0.6 is 0 Å². The SMILES string of the molecule is CC(c1nc(C(N)=O)nn1-c1ncccn1)N(C)C(=O)c1cc(C(F)(F)F)cc(C(F)(F)F)c1. The predicted molar refractivity (Wildman–Crippen MR) is 102 cm³/mol. The zero-order chi connectivity index (χ0) is 25.4. The maximum atomic E-state index is 13.2. The van der Waals surface area contributed by atoms with Crippen molar-refractivity contribution in [3.05, 3.63) is 65.0 Å². The lowest BCUT2D eigenvalue weighted by molar-refractivity contribution is -0.143. The van der Waals surface area contributed by atoms with E-state index in [9.17, 15) is 35.9 Å². The highest BCUT2D eigenvalue weighted by Gasteiger charge is 2.38. The number of halogens is 6. The number of benzene rings is 1. The van der Waals surface area contributed by atoms with Gasteiger partial charge in [0, 0.05) is 25.0 Å². The molecule has 2 amide bonds. The Kier molecular flexibility index (Phi) is 6.31. The van der Waals surface area contributed by atoms with Gasteiger partial charge in [-0.1, -0.05) is 0 Å². The maximum Gasteiger partial charge on any atom is 0.416 e. The molecule has 180 valence electrons. The van der Waals surface area contributed by atoms with Gasteiger partial charge in [-0.25, -0.2) is 15.0 Å². The number of hydrogen-bond acceptors (Lipinski definition) is 6. The number of aromatic nitrogens is 5. The standard InChI is InChI=1S/C19H15F6N7O2/c1-9(15-29-14(13(26)33)30-32(15)17-27-4-3-5-28-17)31(2)16(34)10-6-11(18(20,21)22)8-12(7-10)19(23,24)25/h3-9H,1-2H3,(H2,26,33). The van der Waals surface area contributed by atoms with Gasteiger partial charge in [-0.05, 0) is 31.2 Å². The summed E-state index contributed by atoms with van der Waals surface area (Å²) in [5.74, 6) is -2.84. The molecule has 0 fully saturated rings. The van der Waals surface area contributed by atoms with Crippen molar-refractivity contribution in [1.29, 1.82) is 0 Å². The highest BCUT2D eigenvalue weighted by atomic mass is 19.4. The second-order valence-electron chi connectivity index (χ2n) is 7.01. The Morgan fingerprint density at radius 2 is 1.53 bits per heavy atom. The van der Waals surface area contributed by atoms with E-state index in [-0.39, 0.29) is 17.8 Å². The Morgan fingerprint density at radius 1 is 1.00 bits per heavy atom. The number of amides is 2. The first-order valence-electron chi connectivity index (χ1n) is 9.31. The minimum absolute atomic E-state index is 0.0661. The average molecular weight is 487 g/mol. The van der Waals surface area contributed by atoms with E-state index in [1.807, 2.05) is 0 Å². The molecule has 1 atom stereocenters. The average Bonchev–Trinajstić information content (AvgIpc) is 3.22. The van der Waals surface area contributed by atoms with Gasteiger partial charge >= 0.3 is 12.4 Å². The van der Waals surface area contributed by atoms with E-state index in [0.29, 0.717) is 12.1 Å². The van der Waals surface area contributed by atoms with Gasteiger partial charge in [0.25, 0.3) is 17.8 Å². The normalized spacial score (nSPS) is 12.9. The quantitative estimate of drug-likeness (QED) is 0.553. The first-order chi connectivity index (χ1) is 15.7. The lowest BCUT2D eigenvalue weighted by Gasteiger charge is -2.25. The summed E-state index contributed by atoms with van der Waals surface area (Å²) in [6.07, 6.45) is -7.56. The van der Waals surface area contributed by atoms with E-state index in [1.54, 1.807) is 0 Å². The van der Waals surface area contributed by atoms with Gasteiger partial charge in [0.2, 0.25) is 5.82 Å². The maximum absolute atomic E-state index is 13.2. The van der Waals surface area contributed by atoms with Crippen molar-refractivity contribution in [3.63, 3.8) is 0 Å². The molecular weight excluding hydrogens is 472 g/mol. The third-order valence-electron chi connectivity index (χ3n) is 4.70. The summed E-state index contributed by atoms with van der Waals surface area (Å²) in [4.78, 5) is 37.1. The van der Waals surface area contributed by atoms with E-state index < -0.39 is 52.7 Å². The second-order valence-corrected chi connectivity index (χ2v) is 7.01. The highest BCUT2D eigenvalue weighted by molar-refractivity contribution is 5.95. The summed E-state index contributed by atoms with van der Waals surface area (Å²) in [6, 6.07) is 0.935. The molecule has 0 saturated carbocycles. The largest absolute Gasteiger partial charge is 0.416 e. The van der Waals surface area contributed by atoms with E-state index in [4.69, 9.17) is 5.73 Å². The number of nitrogens with zero attached hydrogens (tertiary/aromatic N) is 6. The summed E-state index contributed by atoms with van der Waals surface area (Å²) < 4.78 is 80.0. The number of nitrogens with two attached hydrogens (primary N) is 1. The molecule has 1 aromatic carbocycles. The van der Waals surface area contributed by atoms with Crippen molar-refractivity contribution in [2.45, 2.75) is 25.3 Å². The lowest BCUT2D eigenvalue weighted by Crippen LogP contribution is -2.32. The van der Waals surface area contributed by atoms with Gasteiger partial charge in [-0.15, -0.1) is 5.10 Å². The molecule has 0 bridgehead atoms. The third kappa shape index (κ3) is 4.97. The molecule has 3 rings (SSSR count). The number of carbonyl (C=O) groups excluding carboxylic acids is 2. The van der Waals surface area contributed by atoms with Gasteiger partial charge in [-0.2, -0.15) is 31.0 Å². The lowest BCUT2D eigenvalue weighted by atomic mass is 10.0. The number of alkyl halides is 6. The van der Waals surface area contributed by atoms with Gasteiger partial charge in [0.05, 0.1) is 17.2 Å². The van der Waals surface area contributed by atoms with Gasteiger partial charge in [0.15, 0.2) is 5.82 Å². The van der Waals surface area contributed by atoms with Crippen LogP contribution in [-0.4, -0.2) is 48.5 Å². The predicted octanol–water partition coefficient (Wildman–Crippen LogP) is 3.03. The number of primary amides is 1. The van der Waals surface area contributed by atoms with E-state index in [1.165, 1.54) is 25.4 Å². The van der Waals surface area contributed by atoms with Crippen LogP contribution in [0, 0.1) is 0 Å². The summed E-state index contributed by atoms with van der Waals surface area (Å²) in [5, 5.41) is 3.88. The molecule has 0 aliphatic heterocycles. The molecule has 0 aliphatic carbocycles. The van der Waals surface area contributed by atoms with Crippen LogP contribution in [0.15, 0.2) is 36.7 Å². The van der Waals surface area contributed by atoms with Crippen LogP contribution in [0.25, 0.3) is 5.95 Å². The second kappa shape index (κ2) is 8.72. The molecule has 34 heavy (non-hydrogen) atoms. The van der Waals surface area contributed by atoms with Crippen molar-refractivity contribution in [3.8, 4) is 5.95 Å². The fourth-order valence-electron chi connectivity index (χ4n) is 2.88. The number of rotatable bonds is 5. The Morgan fingerprint density at radius 3 is 2.00 bits per heavy atom. The summed E-state index contributed by atoms with van der Waals surface area (Å²) in [5.41, 5.74) is 1.08. The Hall–Kier alpha value is -4.04. The van der Waals surface area contributed by atoms with Crippen molar-refractivity contribution >= 4 is 11.8 Å². The molecule has 2 N–H and O–H groups in total. The van der Waals surface area contributed by atoms with Gasteiger partial charge < -0.3 is 10.6 Å². The van der Waals surface area contributed by atoms with Crippen molar-refractivity contribution in [2.24, 2.45) is 5.73 Å². The van der Waals surface area contributed by atoms with E-state index in [0.717, 1.165) is 16.6 Å². The molecule has 2 aromatic heterocycles. The van der Waals surface area contributed by atoms with Crippen LogP contribution in [0.4, 0.5) is 26.3 Å². The fourth-order valence-corrected chi connectivity index (χ4v) is 2.88. The minimum Gasteiger partial charge on any atom is -0.363 e. The van der Waals surface area contributed by atoms with Crippen LogP contribution < -0.4 is 5.73 Å². The van der Waals surface area contributed by atoms with E-state index >= 15 is 0 Å².